The first-order chi connectivity index (χ1) is 11.8. The van der Waals surface area contributed by atoms with E-state index in [2.05, 4.69) is 35.5 Å². The molecule has 4 nitrogen and oxygen atoms in total. The molecule has 132 valence electrons. The van der Waals surface area contributed by atoms with Crippen LogP contribution in [0.2, 0.25) is 0 Å². The standard InChI is InChI=1S/C17H15BrF3N3O/c1-9-15(18)23-14-13-6-11(13)8-24(16(14)22-9)7-10-2-4-12(5-3-10)25-17(19,20)21/h2-5,11,13H,6-8H2,1H3. The molecule has 0 amide bonds. The summed E-state index contributed by atoms with van der Waals surface area (Å²) < 4.78 is 41.4. The molecule has 0 spiro atoms. The number of rotatable bonds is 3. The summed E-state index contributed by atoms with van der Waals surface area (Å²) in [6.45, 7) is 3.38. The smallest absolute Gasteiger partial charge is 0.406 e. The number of hydrogen-bond donors (Lipinski definition) is 0. The lowest BCUT2D eigenvalue weighted by atomic mass is 10.1. The van der Waals surface area contributed by atoms with Crippen LogP contribution in [0.1, 0.15) is 29.3 Å². The second-order valence-corrected chi connectivity index (χ2v) is 7.23. The maximum atomic E-state index is 12.2. The number of anilines is 1. The van der Waals surface area contributed by atoms with Crippen molar-refractivity contribution in [1.82, 2.24) is 9.97 Å². The molecular weight excluding hydrogens is 399 g/mol. The summed E-state index contributed by atoms with van der Waals surface area (Å²) >= 11 is 3.44. The minimum Gasteiger partial charge on any atom is -0.406 e. The van der Waals surface area contributed by atoms with Gasteiger partial charge in [0.25, 0.3) is 0 Å². The predicted molar refractivity (Wildman–Crippen MR) is 89.5 cm³/mol. The van der Waals surface area contributed by atoms with Gasteiger partial charge < -0.3 is 9.64 Å². The molecule has 1 aliphatic carbocycles. The first-order valence-electron chi connectivity index (χ1n) is 7.94. The van der Waals surface area contributed by atoms with Gasteiger partial charge in [-0.25, -0.2) is 9.97 Å². The Kier molecular flexibility index (Phi) is 3.90. The molecule has 1 aromatic heterocycles. The number of benzene rings is 1. The van der Waals surface area contributed by atoms with Crippen molar-refractivity contribution >= 4 is 21.7 Å². The Labute approximate surface area is 151 Å². The minimum absolute atomic E-state index is 0.211. The third-order valence-corrected chi connectivity index (χ3v) is 5.33. The zero-order valence-electron chi connectivity index (χ0n) is 13.3. The van der Waals surface area contributed by atoms with Crippen molar-refractivity contribution in [2.45, 2.75) is 32.2 Å². The van der Waals surface area contributed by atoms with Crippen LogP contribution in [0, 0.1) is 12.8 Å². The Bertz CT molecular complexity index is 810. The van der Waals surface area contributed by atoms with Gasteiger partial charge in [-0.05, 0) is 52.9 Å². The first-order valence-corrected chi connectivity index (χ1v) is 8.73. The lowest BCUT2D eigenvalue weighted by Crippen LogP contribution is -2.31. The Balaban J connectivity index is 1.55. The highest BCUT2D eigenvalue weighted by Crippen LogP contribution is 2.53. The number of alkyl halides is 3. The van der Waals surface area contributed by atoms with Gasteiger partial charge in [0, 0.05) is 19.0 Å². The average Bonchev–Trinajstić information content (AvgIpc) is 3.29. The number of fused-ring (bicyclic) bond motifs is 3. The van der Waals surface area contributed by atoms with Crippen LogP contribution in [0.25, 0.3) is 0 Å². The molecule has 2 aromatic rings. The first kappa shape index (κ1) is 16.6. The second kappa shape index (κ2) is 5.86. The SMILES string of the molecule is Cc1nc2c(nc1Br)C1CC1CN2Cc1ccc(OC(F)(F)F)cc1. The highest BCUT2D eigenvalue weighted by Gasteiger charge is 2.47. The molecular formula is C17H15BrF3N3O. The van der Waals surface area contributed by atoms with E-state index in [0.717, 1.165) is 40.3 Å². The van der Waals surface area contributed by atoms with Crippen molar-refractivity contribution in [3.05, 3.63) is 45.8 Å². The van der Waals surface area contributed by atoms with Crippen molar-refractivity contribution < 1.29 is 17.9 Å². The molecule has 1 fully saturated rings. The highest BCUT2D eigenvalue weighted by atomic mass is 79.9. The summed E-state index contributed by atoms with van der Waals surface area (Å²) in [5.41, 5.74) is 2.75. The van der Waals surface area contributed by atoms with Crippen LogP contribution in [-0.2, 0) is 6.54 Å². The van der Waals surface area contributed by atoms with E-state index in [-0.39, 0.29) is 5.75 Å². The number of halogens is 4. The molecule has 2 aliphatic rings. The molecule has 0 bridgehead atoms. The van der Waals surface area contributed by atoms with Gasteiger partial charge in [-0.1, -0.05) is 12.1 Å². The fourth-order valence-electron chi connectivity index (χ4n) is 3.29. The van der Waals surface area contributed by atoms with E-state index in [9.17, 15) is 13.2 Å². The number of nitrogens with zero attached hydrogens (tertiary/aromatic N) is 3. The molecule has 1 aromatic carbocycles. The van der Waals surface area contributed by atoms with Gasteiger partial charge in [-0.15, -0.1) is 13.2 Å². The summed E-state index contributed by atoms with van der Waals surface area (Å²) in [6.07, 6.45) is -3.55. The predicted octanol–water partition coefficient (Wildman–Crippen LogP) is 4.57. The van der Waals surface area contributed by atoms with E-state index >= 15 is 0 Å². The highest BCUT2D eigenvalue weighted by molar-refractivity contribution is 9.10. The van der Waals surface area contributed by atoms with Crippen LogP contribution < -0.4 is 9.64 Å². The largest absolute Gasteiger partial charge is 0.573 e. The summed E-state index contributed by atoms with van der Waals surface area (Å²) in [5.74, 6) is 1.75. The minimum atomic E-state index is -4.67. The summed E-state index contributed by atoms with van der Waals surface area (Å²) in [5, 5.41) is 0. The molecule has 2 unspecified atom stereocenters. The van der Waals surface area contributed by atoms with Gasteiger partial charge in [0.15, 0.2) is 5.82 Å². The van der Waals surface area contributed by atoms with Gasteiger partial charge in [-0.2, -0.15) is 0 Å². The van der Waals surface area contributed by atoms with Gasteiger partial charge in [0.1, 0.15) is 10.4 Å². The van der Waals surface area contributed by atoms with Gasteiger partial charge in [0.05, 0.1) is 11.4 Å². The van der Waals surface area contributed by atoms with Crippen molar-refractivity contribution in [2.75, 3.05) is 11.4 Å². The average molecular weight is 414 g/mol. The van der Waals surface area contributed by atoms with Gasteiger partial charge >= 0.3 is 6.36 Å². The van der Waals surface area contributed by atoms with Crippen molar-refractivity contribution in [2.24, 2.45) is 5.92 Å². The molecule has 0 N–H and O–H groups in total. The fourth-order valence-corrected chi connectivity index (χ4v) is 3.57. The zero-order valence-corrected chi connectivity index (χ0v) is 14.9. The number of hydrogen-bond acceptors (Lipinski definition) is 4. The van der Waals surface area contributed by atoms with Crippen molar-refractivity contribution in [3.63, 3.8) is 0 Å². The van der Waals surface area contributed by atoms with E-state index in [1.807, 2.05) is 6.92 Å². The van der Waals surface area contributed by atoms with Crippen LogP contribution in [0.5, 0.6) is 5.75 Å². The van der Waals surface area contributed by atoms with Crippen LogP contribution in [0.15, 0.2) is 28.9 Å². The summed E-state index contributed by atoms with van der Waals surface area (Å²) in [7, 11) is 0. The molecule has 4 rings (SSSR count). The third-order valence-electron chi connectivity index (χ3n) is 4.58. The normalized spacial score (nSPS) is 21.6. The van der Waals surface area contributed by atoms with Crippen molar-refractivity contribution in [3.8, 4) is 5.75 Å². The van der Waals surface area contributed by atoms with E-state index in [1.165, 1.54) is 12.1 Å². The maximum Gasteiger partial charge on any atom is 0.573 e. The maximum absolute atomic E-state index is 12.2. The molecule has 1 saturated carbocycles. The lowest BCUT2D eigenvalue weighted by Gasteiger charge is -2.29. The summed E-state index contributed by atoms with van der Waals surface area (Å²) in [4.78, 5) is 11.5. The van der Waals surface area contributed by atoms with E-state index in [0.29, 0.717) is 18.4 Å². The van der Waals surface area contributed by atoms with Crippen molar-refractivity contribution in [1.29, 1.82) is 0 Å². The molecule has 25 heavy (non-hydrogen) atoms. The molecule has 0 saturated heterocycles. The topological polar surface area (TPSA) is 38.2 Å². The Morgan fingerprint density at radius 1 is 1.24 bits per heavy atom. The Morgan fingerprint density at radius 2 is 1.96 bits per heavy atom. The van der Waals surface area contributed by atoms with Crippen LogP contribution in [-0.4, -0.2) is 22.9 Å². The quantitative estimate of drug-likeness (QED) is 0.738. The number of aryl methyl sites for hydroxylation is 1. The van der Waals surface area contributed by atoms with Crippen LogP contribution >= 0.6 is 15.9 Å². The van der Waals surface area contributed by atoms with E-state index in [4.69, 9.17) is 0 Å². The Hall–Kier alpha value is -1.83. The molecule has 1 aliphatic heterocycles. The van der Waals surface area contributed by atoms with Crippen LogP contribution in [0.4, 0.5) is 19.0 Å². The van der Waals surface area contributed by atoms with Crippen LogP contribution in [0.3, 0.4) is 0 Å². The summed E-state index contributed by atoms with van der Waals surface area (Å²) in [6, 6.07) is 5.98. The van der Waals surface area contributed by atoms with E-state index < -0.39 is 6.36 Å². The van der Waals surface area contributed by atoms with Gasteiger partial charge in [-0.3, -0.25) is 0 Å². The molecule has 8 heteroatoms. The molecule has 2 heterocycles. The zero-order chi connectivity index (χ0) is 17.8. The number of aromatic nitrogens is 2. The third kappa shape index (κ3) is 3.44. The van der Waals surface area contributed by atoms with Gasteiger partial charge in [0.2, 0.25) is 0 Å². The Morgan fingerprint density at radius 3 is 2.64 bits per heavy atom. The molecule has 0 radical (unpaired) electrons. The second-order valence-electron chi connectivity index (χ2n) is 6.48. The fraction of sp³-hybridized carbons (Fsp3) is 0.412. The molecule has 2 atom stereocenters. The lowest BCUT2D eigenvalue weighted by molar-refractivity contribution is -0.274. The number of ether oxygens (including phenoxy) is 1. The van der Waals surface area contributed by atoms with E-state index in [1.54, 1.807) is 12.1 Å². The monoisotopic (exact) mass is 413 g/mol.